The highest BCUT2D eigenvalue weighted by atomic mass is 16.5. The third kappa shape index (κ3) is 3.88. The van der Waals surface area contributed by atoms with E-state index in [1.165, 1.54) is 12.4 Å². The van der Waals surface area contributed by atoms with E-state index in [4.69, 9.17) is 10.3 Å². The van der Waals surface area contributed by atoms with E-state index in [0.29, 0.717) is 0 Å². The normalized spacial score (nSPS) is 15.0. The quantitative estimate of drug-likeness (QED) is 0.324. The Hall–Kier alpha value is -0.120. The van der Waals surface area contributed by atoms with Gasteiger partial charge in [0.2, 0.25) is 0 Å². The summed E-state index contributed by atoms with van der Waals surface area (Å²) >= 11 is 0. The van der Waals surface area contributed by atoms with Crippen LogP contribution >= 0.6 is 0 Å². The average Bonchev–Trinajstić information content (AvgIpc) is 1.38. The van der Waals surface area contributed by atoms with Crippen LogP contribution in [-0.4, -0.2) is 11.3 Å². The summed E-state index contributed by atoms with van der Waals surface area (Å²) in [6.07, 6.45) is -0.921. The molecule has 0 amide bonds. The number of hydrogen-bond donors (Lipinski definition) is 2. The van der Waals surface area contributed by atoms with Crippen LogP contribution in [0.1, 0.15) is 6.92 Å². The summed E-state index contributed by atoms with van der Waals surface area (Å²) < 4.78 is 0. The van der Waals surface area contributed by atoms with E-state index in [-0.39, 0.29) is 0 Å². The van der Waals surface area contributed by atoms with Crippen molar-refractivity contribution in [3.05, 3.63) is 5.21 Å². The van der Waals surface area contributed by atoms with Crippen molar-refractivity contribution in [1.82, 2.24) is 5.48 Å². The lowest BCUT2D eigenvalue weighted by Gasteiger charge is -2.07. The summed E-state index contributed by atoms with van der Waals surface area (Å²) in [5.74, 6) is 0. The van der Waals surface area contributed by atoms with Gasteiger partial charge in [-0.1, -0.05) is 0 Å². The summed E-state index contributed by atoms with van der Waals surface area (Å²) in [7, 11) is 0. The van der Waals surface area contributed by atoms with E-state index in [1.807, 2.05) is 0 Å². The molecule has 5 heavy (non-hydrogen) atoms. The molecule has 0 aliphatic rings. The molecule has 3 nitrogen and oxygen atoms in total. The molecule has 0 spiro atoms. The Kier molecular flexibility index (Phi) is 2.09. The molecule has 2 N–H and O–H groups in total. The molecule has 0 fully saturated rings. The van der Waals surface area contributed by atoms with Gasteiger partial charge in [0, 0.05) is 0 Å². The van der Waals surface area contributed by atoms with E-state index in [2.05, 4.69) is 0 Å². The van der Waals surface area contributed by atoms with Gasteiger partial charge in [-0.3, -0.25) is 0 Å². The Balaban J connectivity index is 2.54. The van der Waals surface area contributed by atoms with Crippen molar-refractivity contribution in [2.24, 2.45) is 0 Å². The zero-order valence-electron chi connectivity index (χ0n) is 2.93. The second-order valence-electron chi connectivity index (χ2n) is 0.794. The molecule has 3 heteroatoms. The van der Waals surface area contributed by atoms with Crippen molar-refractivity contribution in [2.75, 3.05) is 0 Å². The number of hydrogen-bond acceptors (Lipinski definition) is 3. The fourth-order valence-electron chi connectivity index (χ4n) is 0. The predicted octanol–water partition coefficient (Wildman–Crippen LogP) is -0.588. The molecular formula is C2H6NO2-. The minimum absolute atomic E-state index is 0.921. The maximum atomic E-state index is 9.13. The van der Waals surface area contributed by atoms with Crippen LogP contribution in [0.3, 0.4) is 0 Å². The average molecular weight is 76.1 g/mol. The monoisotopic (exact) mass is 76.0 g/mol. The Morgan fingerprint density at radius 3 is 2.20 bits per heavy atom. The standard InChI is InChI=1S/C2H6NO2/c1-2(4)3-5/h2-4H,1H3/q-1. The molecule has 0 rings (SSSR count). The molecule has 0 aromatic heterocycles. The Bertz CT molecular complexity index is 21.6. The van der Waals surface area contributed by atoms with Crippen LogP contribution in [0.25, 0.3) is 0 Å². The third-order valence-corrected chi connectivity index (χ3v) is 0.171. The van der Waals surface area contributed by atoms with Crippen LogP contribution in [0.4, 0.5) is 0 Å². The van der Waals surface area contributed by atoms with Gasteiger partial charge in [-0.15, -0.1) is 0 Å². The van der Waals surface area contributed by atoms with Crippen LogP contribution in [0.5, 0.6) is 0 Å². The Labute approximate surface area is 30.2 Å². The molecule has 0 saturated carbocycles. The number of aliphatic hydroxyl groups excluding tert-OH is 1. The minimum atomic E-state index is -0.921. The Morgan fingerprint density at radius 1 is 2.00 bits per heavy atom. The number of aliphatic hydroxyl groups is 1. The molecule has 32 valence electrons. The number of nitrogens with one attached hydrogen (secondary N) is 1. The van der Waals surface area contributed by atoms with E-state index in [1.54, 1.807) is 0 Å². The molecule has 0 bridgehead atoms. The van der Waals surface area contributed by atoms with Crippen LogP contribution in [0.15, 0.2) is 0 Å². The topological polar surface area (TPSA) is 55.3 Å². The fourth-order valence-corrected chi connectivity index (χ4v) is 0. The molecule has 1 unspecified atom stereocenters. The molecule has 0 radical (unpaired) electrons. The second kappa shape index (κ2) is 2.14. The predicted molar refractivity (Wildman–Crippen MR) is 18.2 cm³/mol. The van der Waals surface area contributed by atoms with Gasteiger partial charge in [-0.05, 0) is 6.92 Å². The first kappa shape index (κ1) is 4.88. The summed E-state index contributed by atoms with van der Waals surface area (Å²) in [5, 5.41) is 17.1. The molecule has 0 heterocycles. The highest BCUT2D eigenvalue weighted by Gasteiger charge is 1.73. The van der Waals surface area contributed by atoms with Crippen molar-refractivity contribution in [3.8, 4) is 0 Å². The third-order valence-electron chi connectivity index (χ3n) is 0.171. The van der Waals surface area contributed by atoms with Crippen LogP contribution in [-0.2, 0) is 0 Å². The second-order valence-corrected chi connectivity index (χ2v) is 0.794. The van der Waals surface area contributed by atoms with Gasteiger partial charge in [0.1, 0.15) is 0 Å². The Morgan fingerprint density at radius 2 is 2.20 bits per heavy atom. The van der Waals surface area contributed by atoms with E-state index < -0.39 is 6.23 Å². The van der Waals surface area contributed by atoms with Crippen LogP contribution < -0.4 is 5.48 Å². The maximum Gasteiger partial charge on any atom is 0.0903 e. The van der Waals surface area contributed by atoms with Gasteiger partial charge >= 0.3 is 0 Å². The highest BCUT2D eigenvalue weighted by molar-refractivity contribution is 4.38. The zero-order valence-corrected chi connectivity index (χ0v) is 2.93. The summed E-state index contributed by atoms with van der Waals surface area (Å²) in [6.45, 7) is 1.35. The van der Waals surface area contributed by atoms with Crippen molar-refractivity contribution in [3.63, 3.8) is 0 Å². The lowest BCUT2D eigenvalue weighted by atomic mass is 10.7. The van der Waals surface area contributed by atoms with Gasteiger partial charge in [0.25, 0.3) is 0 Å². The molecule has 1 atom stereocenters. The van der Waals surface area contributed by atoms with Crippen LogP contribution in [0, 0.1) is 5.21 Å². The van der Waals surface area contributed by atoms with E-state index >= 15 is 0 Å². The van der Waals surface area contributed by atoms with Gasteiger partial charge in [0.15, 0.2) is 0 Å². The molecule has 0 aliphatic heterocycles. The van der Waals surface area contributed by atoms with Gasteiger partial charge in [-0.25, -0.2) is 0 Å². The fraction of sp³-hybridized carbons (Fsp3) is 1.00. The van der Waals surface area contributed by atoms with Crippen molar-refractivity contribution >= 4 is 0 Å². The van der Waals surface area contributed by atoms with Gasteiger partial charge < -0.3 is 15.8 Å². The zero-order chi connectivity index (χ0) is 4.28. The summed E-state index contributed by atoms with van der Waals surface area (Å²) in [4.78, 5) is 0. The molecule has 0 aromatic carbocycles. The maximum absolute atomic E-state index is 9.13. The molecular weight excluding hydrogens is 70.0 g/mol. The van der Waals surface area contributed by atoms with Gasteiger partial charge in [0.05, 0.1) is 6.23 Å². The first-order valence-corrected chi connectivity index (χ1v) is 1.33. The molecule has 0 aliphatic carbocycles. The largest absolute Gasteiger partial charge is 0.786 e. The number of rotatable bonds is 1. The van der Waals surface area contributed by atoms with Crippen LogP contribution in [0.2, 0.25) is 0 Å². The summed E-state index contributed by atoms with van der Waals surface area (Å²) in [6, 6.07) is 0. The highest BCUT2D eigenvalue weighted by Crippen LogP contribution is 1.61. The van der Waals surface area contributed by atoms with E-state index in [9.17, 15) is 0 Å². The number of hydroxylamine groups is 1. The lowest BCUT2D eigenvalue weighted by Crippen LogP contribution is -2.17. The first-order chi connectivity index (χ1) is 2.27. The lowest BCUT2D eigenvalue weighted by molar-refractivity contribution is 0.174. The van der Waals surface area contributed by atoms with Gasteiger partial charge in [-0.2, -0.15) is 0 Å². The minimum Gasteiger partial charge on any atom is -0.786 e. The smallest absolute Gasteiger partial charge is 0.0903 e. The SMILES string of the molecule is CC(O)N[O-]. The molecule has 0 aromatic rings. The van der Waals surface area contributed by atoms with Crippen molar-refractivity contribution in [2.45, 2.75) is 13.2 Å². The molecule has 0 saturated heterocycles. The van der Waals surface area contributed by atoms with E-state index in [0.717, 1.165) is 0 Å². The van der Waals surface area contributed by atoms with Crippen molar-refractivity contribution in [1.29, 1.82) is 0 Å². The summed E-state index contributed by atoms with van der Waals surface area (Å²) in [5.41, 5.74) is 1.33. The van der Waals surface area contributed by atoms with Crippen molar-refractivity contribution < 1.29 is 5.11 Å². The first-order valence-electron chi connectivity index (χ1n) is 1.33.